The van der Waals surface area contributed by atoms with Gasteiger partial charge in [-0.15, -0.1) is 0 Å². The smallest absolute Gasteiger partial charge is 0.255 e. The number of fused-ring (bicyclic) bond motifs is 3. The van der Waals surface area contributed by atoms with Crippen LogP contribution in [0, 0.1) is 11.8 Å². The normalized spacial score (nSPS) is 26.6. The lowest BCUT2D eigenvalue weighted by molar-refractivity contribution is -0.153. The third kappa shape index (κ3) is 4.26. The summed E-state index contributed by atoms with van der Waals surface area (Å²) >= 11 is 0. The molecule has 1 fully saturated rings. The highest BCUT2D eigenvalue weighted by atomic mass is 16.3. The monoisotopic (exact) mass is 543 g/mol. The number of carbonyl (C=O) groups is 3. The number of amides is 1. The van der Waals surface area contributed by atoms with Gasteiger partial charge in [-0.05, 0) is 66.3 Å². The van der Waals surface area contributed by atoms with Crippen LogP contribution in [-0.2, 0) is 27.2 Å². The number of pyridine rings is 1. The molecule has 1 saturated carbocycles. The summed E-state index contributed by atoms with van der Waals surface area (Å²) in [6, 6.07) is -1.12. The Morgan fingerprint density at radius 3 is 2.28 bits per heavy atom. The molecule has 212 valence electrons. The van der Waals surface area contributed by atoms with Gasteiger partial charge in [-0.25, -0.2) is 4.98 Å². The van der Waals surface area contributed by atoms with Gasteiger partial charge in [0.2, 0.25) is 5.78 Å². The van der Waals surface area contributed by atoms with E-state index < -0.39 is 58.0 Å². The molecule has 4 rings (SSSR count). The van der Waals surface area contributed by atoms with Crippen LogP contribution < -0.4 is 10.6 Å². The van der Waals surface area contributed by atoms with Gasteiger partial charge >= 0.3 is 0 Å². The summed E-state index contributed by atoms with van der Waals surface area (Å²) in [7, 11) is 10.6. The molecule has 3 aliphatic rings. The van der Waals surface area contributed by atoms with Crippen LogP contribution >= 0.6 is 0 Å². The van der Waals surface area contributed by atoms with Gasteiger partial charge in [0.1, 0.15) is 28.7 Å². The number of nitrogens with two attached hydrogens (primary N) is 1. The number of hydrogen-bond donors (Lipinski definition) is 5. The van der Waals surface area contributed by atoms with Crippen molar-refractivity contribution in [3.8, 4) is 5.75 Å². The lowest BCUT2D eigenvalue weighted by Crippen LogP contribution is -2.65. The van der Waals surface area contributed by atoms with Crippen molar-refractivity contribution in [1.82, 2.24) is 14.8 Å². The second kappa shape index (κ2) is 9.92. The quantitative estimate of drug-likeness (QED) is 0.290. The van der Waals surface area contributed by atoms with Gasteiger partial charge in [-0.3, -0.25) is 19.3 Å². The molecular formula is C27H37N5O7. The maximum Gasteiger partial charge on any atom is 0.255 e. The van der Waals surface area contributed by atoms with Crippen LogP contribution in [0.1, 0.15) is 29.7 Å². The maximum atomic E-state index is 14.0. The number of likely N-dealkylation sites (N-methyl/N-ethyl adjacent to an activating group) is 1. The minimum absolute atomic E-state index is 0.0317. The number of rotatable bonds is 7. The fraction of sp³-hybridized carbons (Fsp3) is 0.556. The fourth-order valence-electron chi connectivity index (χ4n) is 6.33. The molecule has 0 unspecified atom stereocenters. The molecule has 1 aromatic heterocycles. The zero-order chi connectivity index (χ0) is 29.1. The molecule has 1 aromatic rings. The zero-order valence-corrected chi connectivity index (χ0v) is 23.1. The molecule has 0 spiro atoms. The highest BCUT2D eigenvalue weighted by Crippen LogP contribution is 2.53. The second-order valence-corrected chi connectivity index (χ2v) is 11.3. The maximum absolute atomic E-state index is 14.0. The zero-order valence-electron chi connectivity index (χ0n) is 23.1. The van der Waals surface area contributed by atoms with E-state index >= 15 is 0 Å². The largest absolute Gasteiger partial charge is 0.508 e. The topological polar surface area (TPSA) is 181 Å². The predicted octanol–water partition coefficient (Wildman–Crippen LogP) is -0.0808. The van der Waals surface area contributed by atoms with Gasteiger partial charge < -0.3 is 36.0 Å². The number of anilines is 1. The van der Waals surface area contributed by atoms with E-state index in [0.29, 0.717) is 29.9 Å². The first-order valence-corrected chi connectivity index (χ1v) is 12.9. The summed E-state index contributed by atoms with van der Waals surface area (Å²) in [5.74, 6) is -6.17. The number of Topliss-reactive ketones (excluding diaryl/α,β-unsaturated/α-hetero) is 2. The Morgan fingerprint density at radius 1 is 1.10 bits per heavy atom. The van der Waals surface area contributed by atoms with Crippen LogP contribution in [0.4, 0.5) is 5.82 Å². The number of ketones is 2. The molecule has 39 heavy (non-hydrogen) atoms. The fourth-order valence-corrected chi connectivity index (χ4v) is 6.33. The van der Waals surface area contributed by atoms with Crippen LogP contribution in [0.15, 0.2) is 16.9 Å². The predicted molar refractivity (Wildman–Crippen MR) is 143 cm³/mol. The molecule has 3 aliphatic carbocycles. The Hall–Kier alpha value is -3.48. The van der Waals surface area contributed by atoms with Crippen LogP contribution in [-0.4, -0.2) is 113 Å². The van der Waals surface area contributed by atoms with E-state index in [-0.39, 0.29) is 29.7 Å². The first kappa shape index (κ1) is 28.5. The first-order chi connectivity index (χ1) is 18.1. The van der Waals surface area contributed by atoms with Gasteiger partial charge in [0, 0.05) is 31.1 Å². The molecule has 0 saturated heterocycles. The molecule has 0 aliphatic heterocycles. The number of aliphatic hydroxyl groups excluding tert-OH is 2. The van der Waals surface area contributed by atoms with E-state index in [4.69, 9.17) is 10.7 Å². The number of carbonyl (C=O) groups excluding carboxylic acids is 3. The lowest BCUT2D eigenvalue weighted by Gasteiger charge is -2.50. The van der Waals surface area contributed by atoms with Crippen molar-refractivity contribution in [3.05, 3.63) is 33.7 Å². The highest BCUT2D eigenvalue weighted by Gasteiger charge is 2.64. The Morgan fingerprint density at radius 2 is 1.74 bits per heavy atom. The molecular weight excluding hydrogens is 506 g/mol. The molecule has 6 N–H and O–H groups in total. The van der Waals surface area contributed by atoms with Gasteiger partial charge in [-0.1, -0.05) is 0 Å². The Labute approximate surface area is 227 Å². The third-order valence-electron chi connectivity index (χ3n) is 8.08. The molecule has 1 amide bonds. The summed E-state index contributed by atoms with van der Waals surface area (Å²) in [4.78, 5) is 49.3. The van der Waals surface area contributed by atoms with E-state index in [1.165, 1.54) is 4.90 Å². The van der Waals surface area contributed by atoms with Gasteiger partial charge in [0.15, 0.2) is 11.4 Å². The molecule has 12 nitrogen and oxygen atoms in total. The van der Waals surface area contributed by atoms with E-state index in [9.17, 15) is 34.8 Å². The number of nitrogens with zero attached hydrogens (tertiary/aromatic N) is 4. The minimum atomic E-state index is -2.66. The van der Waals surface area contributed by atoms with Crippen molar-refractivity contribution < 1.29 is 34.8 Å². The van der Waals surface area contributed by atoms with E-state index in [0.717, 1.165) is 6.54 Å². The molecule has 4 atom stereocenters. The SMILES string of the molecule is CN(C)CCCc1nc(N(C)C)c2c(c1O)C(O)=C1C(=O)[C@]3(O)C(O)=C(C(N)=O)C(=O)[C@@H](N(C)C)[C@@H]3C[C@@H]1C2. The van der Waals surface area contributed by atoms with E-state index in [2.05, 4.69) is 0 Å². The van der Waals surface area contributed by atoms with Crippen LogP contribution in [0.3, 0.4) is 0 Å². The van der Waals surface area contributed by atoms with Crippen molar-refractivity contribution >= 4 is 29.1 Å². The summed E-state index contributed by atoms with van der Waals surface area (Å²) in [6.07, 6.45) is 1.33. The summed E-state index contributed by atoms with van der Waals surface area (Å²) in [5, 5.41) is 45.4. The Bertz CT molecular complexity index is 1320. The van der Waals surface area contributed by atoms with Crippen LogP contribution in [0.5, 0.6) is 5.75 Å². The van der Waals surface area contributed by atoms with Gasteiger partial charge in [0.25, 0.3) is 5.91 Å². The molecule has 0 radical (unpaired) electrons. The molecule has 0 aromatic carbocycles. The van der Waals surface area contributed by atoms with Crippen LogP contribution in [0.25, 0.3) is 5.76 Å². The Kier molecular flexibility index (Phi) is 7.26. The Balaban J connectivity index is 1.93. The summed E-state index contributed by atoms with van der Waals surface area (Å²) in [5.41, 5.74) is 2.67. The first-order valence-electron chi connectivity index (χ1n) is 12.9. The van der Waals surface area contributed by atoms with Crippen molar-refractivity contribution in [1.29, 1.82) is 0 Å². The summed E-state index contributed by atoms with van der Waals surface area (Å²) in [6.45, 7) is 0.747. The number of aliphatic hydroxyl groups is 3. The number of aromatic nitrogens is 1. The molecule has 1 heterocycles. The second-order valence-electron chi connectivity index (χ2n) is 11.3. The van der Waals surface area contributed by atoms with Crippen molar-refractivity contribution in [2.75, 3.05) is 53.7 Å². The van der Waals surface area contributed by atoms with Gasteiger partial charge in [-0.2, -0.15) is 0 Å². The number of aromatic hydroxyl groups is 1. The van der Waals surface area contributed by atoms with Crippen molar-refractivity contribution in [2.45, 2.75) is 37.3 Å². The van der Waals surface area contributed by atoms with Crippen LogP contribution in [0.2, 0.25) is 0 Å². The number of hydrogen-bond acceptors (Lipinski definition) is 11. The number of aryl methyl sites for hydroxylation is 1. The van der Waals surface area contributed by atoms with Crippen molar-refractivity contribution in [3.63, 3.8) is 0 Å². The highest BCUT2D eigenvalue weighted by molar-refractivity contribution is 6.24. The van der Waals surface area contributed by atoms with E-state index in [1.807, 2.05) is 19.0 Å². The van der Waals surface area contributed by atoms with E-state index in [1.54, 1.807) is 33.1 Å². The average Bonchev–Trinajstić information content (AvgIpc) is 2.81. The van der Waals surface area contributed by atoms with Crippen molar-refractivity contribution in [2.24, 2.45) is 17.6 Å². The standard InChI is InChI=1S/C27H37N5O7/c1-30(2)9-7-8-15-20(33)17-13(26(29-15)32(5)6)10-12-11-14-19(31(3)4)22(35)18(25(28)38)24(37)27(14,39)23(36)16(12)21(17)34/h12,14,19,33-34,37,39H,7-11H2,1-6H3,(H2,28,38)/t12-,14-,19-,27-/m0/s1. The number of primary amides is 1. The average molecular weight is 544 g/mol. The molecule has 0 bridgehead atoms. The third-order valence-corrected chi connectivity index (χ3v) is 8.08. The lowest BCUT2D eigenvalue weighted by atomic mass is 9.57. The summed E-state index contributed by atoms with van der Waals surface area (Å²) < 4.78 is 0. The minimum Gasteiger partial charge on any atom is -0.508 e. The van der Waals surface area contributed by atoms with Gasteiger partial charge in [0.05, 0.1) is 17.3 Å². The molecule has 12 heteroatoms.